The predicted octanol–water partition coefficient (Wildman–Crippen LogP) is 1.56. The van der Waals surface area contributed by atoms with Crippen LogP contribution in [0.5, 0.6) is 0 Å². The van der Waals surface area contributed by atoms with Crippen LogP contribution < -0.4 is 5.32 Å². The highest BCUT2D eigenvalue weighted by atomic mass is 16.5. The van der Waals surface area contributed by atoms with Crippen LogP contribution in [0.4, 0.5) is 0 Å². The Kier molecular flexibility index (Phi) is 6.67. The van der Waals surface area contributed by atoms with Gasteiger partial charge in [-0.25, -0.2) is 0 Å². The second-order valence-electron chi connectivity index (χ2n) is 7.67. The molecule has 152 valence electrons. The molecule has 3 amide bonds. The van der Waals surface area contributed by atoms with Crippen molar-refractivity contribution in [3.63, 3.8) is 0 Å². The Morgan fingerprint density at radius 1 is 1.25 bits per heavy atom. The van der Waals surface area contributed by atoms with Crippen LogP contribution in [-0.2, 0) is 20.9 Å². The zero-order chi connectivity index (χ0) is 20.1. The van der Waals surface area contributed by atoms with Crippen LogP contribution in [0.25, 0.3) is 0 Å². The van der Waals surface area contributed by atoms with E-state index in [0.717, 1.165) is 24.8 Å². The van der Waals surface area contributed by atoms with Gasteiger partial charge in [0.15, 0.2) is 0 Å². The van der Waals surface area contributed by atoms with Crippen molar-refractivity contribution in [2.75, 3.05) is 26.2 Å². The van der Waals surface area contributed by atoms with Crippen LogP contribution >= 0.6 is 0 Å². The van der Waals surface area contributed by atoms with Crippen molar-refractivity contribution in [2.45, 2.75) is 51.8 Å². The van der Waals surface area contributed by atoms with Crippen molar-refractivity contribution in [3.05, 3.63) is 35.4 Å². The third kappa shape index (κ3) is 4.90. The fourth-order valence-electron chi connectivity index (χ4n) is 3.68. The van der Waals surface area contributed by atoms with Gasteiger partial charge in [-0.05, 0) is 50.8 Å². The average Bonchev–Trinajstić information content (AvgIpc) is 3.16. The molecule has 2 fully saturated rings. The molecule has 2 saturated heterocycles. The SMILES string of the molecule is CC(C)OCCCNC(=O)c1ccc(CN2CC(=O)N3CCC[C@@H]3C2=O)cc1. The molecule has 1 N–H and O–H groups in total. The molecule has 3 rings (SSSR count). The number of fused-ring (bicyclic) bond motifs is 1. The van der Waals surface area contributed by atoms with E-state index in [1.165, 1.54) is 0 Å². The van der Waals surface area contributed by atoms with Gasteiger partial charge in [0, 0.05) is 31.8 Å². The topological polar surface area (TPSA) is 79.0 Å². The van der Waals surface area contributed by atoms with Crippen LogP contribution in [0.2, 0.25) is 0 Å². The second-order valence-corrected chi connectivity index (χ2v) is 7.67. The first-order chi connectivity index (χ1) is 13.5. The number of carbonyl (C=O) groups is 3. The third-order valence-corrected chi connectivity index (χ3v) is 5.14. The smallest absolute Gasteiger partial charge is 0.251 e. The van der Waals surface area contributed by atoms with Gasteiger partial charge in [0.1, 0.15) is 12.6 Å². The van der Waals surface area contributed by atoms with Crippen LogP contribution in [0.3, 0.4) is 0 Å². The highest BCUT2D eigenvalue weighted by molar-refractivity contribution is 5.95. The summed E-state index contributed by atoms with van der Waals surface area (Å²) in [5.74, 6) is -0.0657. The van der Waals surface area contributed by atoms with Crippen LogP contribution in [0.15, 0.2) is 24.3 Å². The number of hydrogen-bond acceptors (Lipinski definition) is 4. The Balaban J connectivity index is 1.49. The lowest BCUT2D eigenvalue weighted by Crippen LogP contribution is -2.56. The van der Waals surface area contributed by atoms with E-state index in [4.69, 9.17) is 4.74 Å². The summed E-state index contributed by atoms with van der Waals surface area (Å²) in [4.78, 5) is 40.3. The summed E-state index contributed by atoms with van der Waals surface area (Å²) < 4.78 is 5.45. The second kappa shape index (κ2) is 9.19. The number of carbonyl (C=O) groups excluding carboxylic acids is 3. The molecule has 1 aromatic rings. The molecular formula is C21H29N3O4. The van der Waals surface area contributed by atoms with E-state index in [0.29, 0.717) is 31.8 Å². The van der Waals surface area contributed by atoms with Gasteiger partial charge in [0.05, 0.1) is 6.10 Å². The van der Waals surface area contributed by atoms with E-state index < -0.39 is 0 Å². The molecule has 7 heteroatoms. The molecule has 0 radical (unpaired) electrons. The van der Waals surface area contributed by atoms with E-state index in [1.54, 1.807) is 21.9 Å². The first-order valence-corrected chi connectivity index (χ1v) is 10.0. The Bertz CT molecular complexity index is 717. The number of piperazine rings is 1. The summed E-state index contributed by atoms with van der Waals surface area (Å²) in [6.45, 7) is 6.37. The maximum atomic E-state index is 12.6. The summed E-state index contributed by atoms with van der Waals surface area (Å²) in [7, 11) is 0. The molecule has 0 bridgehead atoms. The summed E-state index contributed by atoms with van der Waals surface area (Å²) in [5.41, 5.74) is 1.49. The molecule has 0 aromatic heterocycles. The highest BCUT2D eigenvalue weighted by Gasteiger charge is 2.41. The number of hydrogen-bond donors (Lipinski definition) is 1. The minimum absolute atomic E-state index is 0.0274. The van der Waals surface area contributed by atoms with Gasteiger partial charge in [-0.3, -0.25) is 14.4 Å². The van der Waals surface area contributed by atoms with E-state index in [-0.39, 0.29) is 36.4 Å². The zero-order valence-electron chi connectivity index (χ0n) is 16.6. The lowest BCUT2D eigenvalue weighted by molar-refractivity contribution is -0.154. The van der Waals surface area contributed by atoms with E-state index >= 15 is 0 Å². The molecule has 0 unspecified atom stereocenters. The number of nitrogens with zero attached hydrogens (tertiary/aromatic N) is 2. The lowest BCUT2D eigenvalue weighted by Gasteiger charge is -2.36. The summed E-state index contributed by atoms with van der Waals surface area (Å²) in [5, 5.41) is 2.88. The fourth-order valence-corrected chi connectivity index (χ4v) is 3.68. The maximum Gasteiger partial charge on any atom is 0.251 e. The summed E-state index contributed by atoms with van der Waals surface area (Å²) in [6.07, 6.45) is 2.61. The molecule has 2 heterocycles. The third-order valence-electron chi connectivity index (χ3n) is 5.14. The van der Waals surface area contributed by atoms with E-state index in [1.807, 2.05) is 26.0 Å². The lowest BCUT2D eigenvalue weighted by atomic mass is 10.1. The average molecular weight is 387 g/mol. The number of ether oxygens (including phenoxy) is 1. The molecular weight excluding hydrogens is 358 g/mol. The maximum absolute atomic E-state index is 12.6. The number of nitrogens with one attached hydrogen (secondary N) is 1. The van der Waals surface area contributed by atoms with Crippen LogP contribution in [0, 0.1) is 0 Å². The Hall–Kier alpha value is -2.41. The quantitative estimate of drug-likeness (QED) is 0.687. The van der Waals surface area contributed by atoms with Crippen molar-refractivity contribution in [1.29, 1.82) is 0 Å². The van der Waals surface area contributed by atoms with Gasteiger partial charge in [0.25, 0.3) is 5.91 Å². The fraction of sp³-hybridized carbons (Fsp3) is 0.571. The molecule has 0 spiro atoms. The van der Waals surface area contributed by atoms with Crippen molar-refractivity contribution >= 4 is 17.7 Å². The van der Waals surface area contributed by atoms with Gasteiger partial charge in [-0.15, -0.1) is 0 Å². The molecule has 28 heavy (non-hydrogen) atoms. The number of rotatable bonds is 8. The van der Waals surface area contributed by atoms with Gasteiger partial charge in [-0.1, -0.05) is 12.1 Å². The van der Waals surface area contributed by atoms with Crippen LogP contribution in [-0.4, -0.2) is 65.9 Å². The van der Waals surface area contributed by atoms with Crippen molar-refractivity contribution in [1.82, 2.24) is 15.1 Å². The standard InChI is InChI=1S/C21H29N3O4/c1-15(2)28-12-4-10-22-20(26)17-8-6-16(7-9-17)13-23-14-19(25)24-11-3-5-18(24)21(23)27/h6-9,15,18H,3-5,10-14H2,1-2H3,(H,22,26)/t18-/m1/s1. The minimum atomic E-state index is -0.286. The zero-order valence-corrected chi connectivity index (χ0v) is 16.6. The molecule has 1 atom stereocenters. The normalized spacial score (nSPS) is 19.3. The van der Waals surface area contributed by atoms with E-state index in [9.17, 15) is 14.4 Å². The highest BCUT2D eigenvalue weighted by Crippen LogP contribution is 2.24. The van der Waals surface area contributed by atoms with Gasteiger partial charge in [-0.2, -0.15) is 0 Å². The number of amides is 3. The first kappa shape index (κ1) is 20.3. The van der Waals surface area contributed by atoms with Crippen molar-refractivity contribution in [3.8, 4) is 0 Å². The molecule has 7 nitrogen and oxygen atoms in total. The molecule has 2 aliphatic heterocycles. The van der Waals surface area contributed by atoms with Crippen molar-refractivity contribution < 1.29 is 19.1 Å². The molecule has 2 aliphatic rings. The minimum Gasteiger partial charge on any atom is -0.379 e. The molecule has 1 aromatic carbocycles. The first-order valence-electron chi connectivity index (χ1n) is 10.0. The molecule has 0 aliphatic carbocycles. The Morgan fingerprint density at radius 2 is 2.00 bits per heavy atom. The van der Waals surface area contributed by atoms with Gasteiger partial charge < -0.3 is 19.9 Å². The van der Waals surface area contributed by atoms with Gasteiger partial charge in [0.2, 0.25) is 11.8 Å². The van der Waals surface area contributed by atoms with E-state index in [2.05, 4.69) is 5.32 Å². The largest absolute Gasteiger partial charge is 0.379 e. The monoisotopic (exact) mass is 387 g/mol. The van der Waals surface area contributed by atoms with Crippen molar-refractivity contribution in [2.24, 2.45) is 0 Å². The molecule has 0 saturated carbocycles. The Labute approximate surface area is 166 Å². The summed E-state index contributed by atoms with van der Waals surface area (Å²) >= 11 is 0. The Morgan fingerprint density at radius 3 is 2.71 bits per heavy atom. The number of benzene rings is 1. The predicted molar refractivity (Wildman–Crippen MR) is 105 cm³/mol. The van der Waals surface area contributed by atoms with Crippen LogP contribution in [0.1, 0.15) is 49.0 Å². The van der Waals surface area contributed by atoms with Gasteiger partial charge >= 0.3 is 0 Å². The summed E-state index contributed by atoms with van der Waals surface area (Å²) in [6, 6.07) is 6.91.